The molecule has 1 fully saturated rings. The van der Waals surface area contributed by atoms with E-state index in [-0.39, 0.29) is 17.2 Å². The summed E-state index contributed by atoms with van der Waals surface area (Å²) in [5.41, 5.74) is 0. The lowest BCUT2D eigenvalue weighted by atomic mass is 10.8. The van der Waals surface area contributed by atoms with E-state index in [1.807, 2.05) is 0 Å². The van der Waals surface area contributed by atoms with Gasteiger partial charge in [0.05, 0.1) is 13.2 Å². The zero-order chi connectivity index (χ0) is 9.41. The zero-order valence-corrected chi connectivity index (χ0v) is 7.85. The van der Waals surface area contributed by atoms with Crippen LogP contribution in [0.4, 0.5) is 3.89 Å². The van der Waals surface area contributed by atoms with Gasteiger partial charge in [0.15, 0.2) is 0 Å². The van der Waals surface area contributed by atoms with E-state index < -0.39 is 18.2 Å². The normalized spacial score (nSPS) is 32.5. The second-order valence-corrected chi connectivity index (χ2v) is 5.55. The fourth-order valence-electron chi connectivity index (χ4n) is 0.793. The lowest BCUT2D eigenvalue weighted by Crippen LogP contribution is -2.21. The third-order valence-corrected chi connectivity index (χ3v) is 4.88. The van der Waals surface area contributed by atoms with Gasteiger partial charge in [0, 0.05) is 7.11 Å². The molecule has 0 radical (unpaired) electrons. The van der Waals surface area contributed by atoms with Crippen LogP contribution in [0.2, 0.25) is 0 Å². The molecule has 0 amide bonds. The molecule has 1 rings (SSSR count). The monoisotopic (exact) mass is 219 g/mol. The van der Waals surface area contributed by atoms with Crippen LogP contribution in [0.25, 0.3) is 0 Å². The lowest BCUT2D eigenvalue weighted by Gasteiger charge is -2.14. The van der Waals surface area contributed by atoms with Crippen molar-refractivity contribution in [1.82, 2.24) is 4.08 Å². The first kappa shape index (κ1) is 10.1. The first-order valence-electron chi connectivity index (χ1n) is 2.93. The SMILES string of the molecule is COP1(=O)OCCN1S(=O)(=O)F. The standard InChI is InChI=1S/C3H7FNO5PS/c1-9-11(6)5(2-3-10-11)12(4,7)8/h2-3H2,1H3. The largest absolute Gasteiger partial charge is 0.423 e. The van der Waals surface area contributed by atoms with Crippen molar-refractivity contribution in [2.75, 3.05) is 20.3 Å². The van der Waals surface area contributed by atoms with Crippen LogP contribution in [0.15, 0.2) is 0 Å². The molecule has 0 aromatic carbocycles. The van der Waals surface area contributed by atoms with Crippen molar-refractivity contribution in [3.05, 3.63) is 0 Å². The van der Waals surface area contributed by atoms with Gasteiger partial charge in [0.25, 0.3) is 0 Å². The van der Waals surface area contributed by atoms with Gasteiger partial charge in [-0.1, -0.05) is 7.96 Å². The van der Waals surface area contributed by atoms with Crippen LogP contribution in [-0.4, -0.2) is 32.8 Å². The van der Waals surface area contributed by atoms with E-state index in [0.29, 0.717) is 0 Å². The number of hydrogen-bond donors (Lipinski definition) is 0. The van der Waals surface area contributed by atoms with Gasteiger partial charge < -0.3 is 0 Å². The molecule has 0 bridgehead atoms. The lowest BCUT2D eigenvalue weighted by molar-refractivity contribution is 0.260. The first-order valence-corrected chi connectivity index (χ1v) is 5.77. The fourth-order valence-corrected chi connectivity index (χ4v) is 3.44. The highest BCUT2D eigenvalue weighted by Gasteiger charge is 2.46. The average Bonchev–Trinajstić information content (AvgIpc) is 2.31. The Balaban J connectivity index is 3.01. The Morgan fingerprint density at radius 3 is 2.58 bits per heavy atom. The molecule has 1 unspecified atom stereocenters. The van der Waals surface area contributed by atoms with Crippen LogP contribution in [0.5, 0.6) is 0 Å². The smallest absolute Gasteiger partial charge is 0.299 e. The average molecular weight is 219 g/mol. The summed E-state index contributed by atoms with van der Waals surface area (Å²) in [7, 11) is -7.92. The third-order valence-electron chi connectivity index (χ3n) is 1.29. The van der Waals surface area contributed by atoms with E-state index in [1.54, 1.807) is 0 Å². The minimum absolute atomic E-state index is 0.0833. The molecular weight excluding hydrogens is 212 g/mol. The van der Waals surface area contributed by atoms with Gasteiger partial charge in [-0.15, -0.1) is 0 Å². The molecule has 72 valence electrons. The molecule has 6 nitrogen and oxygen atoms in total. The maximum atomic E-state index is 12.3. The molecule has 0 spiro atoms. The number of nitrogens with zero attached hydrogens (tertiary/aromatic N) is 1. The predicted molar refractivity (Wildman–Crippen MR) is 37.3 cm³/mol. The highest BCUT2D eigenvalue weighted by Crippen LogP contribution is 2.56. The van der Waals surface area contributed by atoms with Crippen molar-refractivity contribution in [3.8, 4) is 0 Å². The molecule has 1 aliphatic rings. The van der Waals surface area contributed by atoms with E-state index in [0.717, 1.165) is 7.11 Å². The molecule has 1 atom stereocenters. The van der Waals surface area contributed by atoms with E-state index in [2.05, 4.69) is 9.05 Å². The first-order chi connectivity index (χ1) is 5.40. The summed E-state index contributed by atoms with van der Waals surface area (Å²) in [6.07, 6.45) is 0. The Bertz CT molecular complexity index is 315. The van der Waals surface area contributed by atoms with Crippen molar-refractivity contribution in [3.63, 3.8) is 0 Å². The summed E-state index contributed by atoms with van der Waals surface area (Å²) < 4.78 is 53.1. The molecule has 1 heterocycles. The second kappa shape index (κ2) is 3.04. The number of rotatable bonds is 2. The summed E-state index contributed by atoms with van der Waals surface area (Å²) in [6.45, 7) is -0.418. The quantitative estimate of drug-likeness (QED) is 0.493. The van der Waals surface area contributed by atoms with Crippen molar-refractivity contribution in [1.29, 1.82) is 0 Å². The maximum absolute atomic E-state index is 12.3. The summed E-state index contributed by atoms with van der Waals surface area (Å²) in [4.78, 5) is 0. The zero-order valence-electron chi connectivity index (χ0n) is 6.14. The maximum Gasteiger partial charge on any atom is 0.423 e. The molecule has 0 saturated carbocycles. The van der Waals surface area contributed by atoms with Gasteiger partial charge in [-0.05, 0) is 0 Å². The minimum atomic E-state index is -5.00. The Morgan fingerprint density at radius 1 is 1.67 bits per heavy atom. The molecule has 0 aliphatic carbocycles. The number of hydrogen-bond acceptors (Lipinski definition) is 5. The van der Waals surface area contributed by atoms with Gasteiger partial charge in [0.2, 0.25) is 0 Å². The molecule has 1 aliphatic heterocycles. The summed E-state index contributed by atoms with van der Waals surface area (Å²) in [5, 5.41) is 0. The molecule has 0 aromatic rings. The van der Waals surface area contributed by atoms with Gasteiger partial charge in [0.1, 0.15) is 0 Å². The highest BCUT2D eigenvalue weighted by molar-refractivity contribution is 7.89. The molecule has 0 N–H and O–H groups in total. The Labute approximate surface area is 69.2 Å². The van der Waals surface area contributed by atoms with Crippen LogP contribution in [0.1, 0.15) is 0 Å². The predicted octanol–water partition coefficient (Wildman–Crippen LogP) is 0.287. The Morgan fingerprint density at radius 2 is 2.25 bits per heavy atom. The van der Waals surface area contributed by atoms with Gasteiger partial charge >= 0.3 is 18.2 Å². The van der Waals surface area contributed by atoms with E-state index >= 15 is 0 Å². The van der Waals surface area contributed by atoms with E-state index in [4.69, 9.17) is 0 Å². The van der Waals surface area contributed by atoms with E-state index in [9.17, 15) is 16.9 Å². The topological polar surface area (TPSA) is 72.9 Å². The Kier molecular flexibility index (Phi) is 2.55. The molecule has 1 saturated heterocycles. The fraction of sp³-hybridized carbons (Fsp3) is 1.00. The Hall–Kier alpha value is -0.0100. The summed E-state index contributed by atoms with van der Waals surface area (Å²) in [5.74, 6) is 0. The third kappa shape index (κ3) is 1.67. The molecule has 12 heavy (non-hydrogen) atoms. The second-order valence-electron chi connectivity index (χ2n) is 1.97. The highest BCUT2D eigenvalue weighted by atomic mass is 32.3. The van der Waals surface area contributed by atoms with Crippen molar-refractivity contribution >= 4 is 18.2 Å². The van der Waals surface area contributed by atoms with Crippen molar-refractivity contribution in [2.24, 2.45) is 0 Å². The molecule has 9 heteroatoms. The summed E-state index contributed by atoms with van der Waals surface area (Å²) >= 11 is 0. The molecule has 0 aromatic heterocycles. The molecular formula is C3H7FNO5PS. The van der Waals surface area contributed by atoms with Crippen LogP contribution >= 0.6 is 7.75 Å². The van der Waals surface area contributed by atoms with Gasteiger partial charge in [-0.3, -0.25) is 9.05 Å². The van der Waals surface area contributed by atoms with Crippen molar-refractivity contribution < 1.29 is 25.9 Å². The summed E-state index contributed by atoms with van der Waals surface area (Å²) in [6, 6.07) is 0. The van der Waals surface area contributed by atoms with Crippen LogP contribution in [0, 0.1) is 0 Å². The minimum Gasteiger partial charge on any atom is -0.299 e. The van der Waals surface area contributed by atoms with Crippen LogP contribution in [-0.2, 0) is 24.0 Å². The number of halogens is 1. The van der Waals surface area contributed by atoms with Gasteiger partial charge in [-0.25, -0.2) is 4.57 Å². The van der Waals surface area contributed by atoms with Gasteiger partial charge in [-0.2, -0.15) is 8.42 Å². The van der Waals surface area contributed by atoms with Crippen LogP contribution in [0.3, 0.4) is 0 Å². The van der Waals surface area contributed by atoms with Crippen LogP contribution < -0.4 is 0 Å². The van der Waals surface area contributed by atoms with Crippen molar-refractivity contribution in [2.45, 2.75) is 0 Å². The van der Waals surface area contributed by atoms with E-state index in [1.165, 1.54) is 0 Å².